The van der Waals surface area contributed by atoms with Gasteiger partial charge in [0.15, 0.2) is 22.0 Å². The van der Waals surface area contributed by atoms with E-state index in [1.807, 2.05) is 0 Å². The van der Waals surface area contributed by atoms with E-state index < -0.39 is 35.0 Å². The average molecular weight is 746 g/mol. The highest BCUT2D eigenvalue weighted by Crippen LogP contribution is 2.40. The van der Waals surface area contributed by atoms with Crippen molar-refractivity contribution in [1.82, 2.24) is 4.57 Å². The first-order valence-electron chi connectivity index (χ1n) is 13.9. The van der Waals surface area contributed by atoms with Crippen LogP contribution in [0.5, 0.6) is 11.5 Å². The number of alkyl halides is 3. The van der Waals surface area contributed by atoms with Crippen molar-refractivity contribution in [3.63, 3.8) is 0 Å². The molecule has 246 valence electrons. The Bertz CT molecular complexity index is 2060. The number of aromatic nitrogens is 1. The molecule has 0 unspecified atom stereocenters. The fourth-order valence-electron chi connectivity index (χ4n) is 4.82. The number of allylic oxidation sites excluding steroid dienone is 1. The lowest BCUT2D eigenvalue weighted by Crippen LogP contribution is -2.41. The predicted molar refractivity (Wildman–Crippen MR) is 176 cm³/mol. The molecule has 4 aromatic rings. The Kier molecular flexibility index (Phi) is 10.6. The number of thiazole rings is 1. The topological polar surface area (TPSA) is 79.1 Å². The number of ether oxygens (including phenoxy) is 3. The molecule has 0 aliphatic carbocycles. The molecule has 7 nitrogen and oxygen atoms in total. The number of nitrogens with zero attached hydrogens (tertiary/aromatic N) is 2. The fourth-order valence-corrected chi connectivity index (χ4v) is 6.68. The van der Waals surface area contributed by atoms with E-state index in [9.17, 15) is 22.8 Å². The van der Waals surface area contributed by atoms with Gasteiger partial charge in [0.2, 0.25) is 0 Å². The van der Waals surface area contributed by atoms with Crippen LogP contribution in [0.4, 0.5) is 13.2 Å². The van der Waals surface area contributed by atoms with E-state index in [-0.39, 0.29) is 51.2 Å². The zero-order chi connectivity index (χ0) is 34.0. The number of esters is 1. The van der Waals surface area contributed by atoms with Crippen LogP contribution >= 0.6 is 57.7 Å². The van der Waals surface area contributed by atoms with Crippen molar-refractivity contribution in [3.8, 4) is 11.5 Å². The van der Waals surface area contributed by atoms with E-state index in [1.54, 1.807) is 31.2 Å². The van der Waals surface area contributed by atoms with Crippen LogP contribution in [0.1, 0.15) is 36.6 Å². The van der Waals surface area contributed by atoms with E-state index in [4.69, 9.17) is 60.6 Å². The smallest absolute Gasteiger partial charge is 0.434 e. The van der Waals surface area contributed by atoms with Gasteiger partial charge in [-0.3, -0.25) is 9.36 Å². The van der Waals surface area contributed by atoms with Crippen LogP contribution in [0.3, 0.4) is 0 Å². The van der Waals surface area contributed by atoms with Gasteiger partial charge in [-0.25, -0.2) is 9.79 Å². The molecule has 0 radical (unpaired) electrons. The van der Waals surface area contributed by atoms with E-state index >= 15 is 0 Å². The van der Waals surface area contributed by atoms with Gasteiger partial charge in [0, 0.05) is 20.6 Å². The highest BCUT2D eigenvalue weighted by Gasteiger charge is 2.45. The van der Waals surface area contributed by atoms with Crippen LogP contribution in [-0.2, 0) is 16.1 Å². The highest BCUT2D eigenvalue weighted by atomic mass is 35.5. The van der Waals surface area contributed by atoms with Crippen LogP contribution in [0.15, 0.2) is 75.7 Å². The van der Waals surface area contributed by atoms with Gasteiger partial charge < -0.3 is 14.2 Å². The second kappa shape index (κ2) is 14.3. The molecule has 47 heavy (non-hydrogen) atoms. The average Bonchev–Trinajstić information content (AvgIpc) is 3.31. The molecule has 0 saturated heterocycles. The number of halogens is 7. The molecular weight excluding hydrogens is 723 g/mol. The molecule has 15 heteroatoms. The van der Waals surface area contributed by atoms with Crippen molar-refractivity contribution >= 4 is 69.8 Å². The van der Waals surface area contributed by atoms with Crippen LogP contribution in [0.2, 0.25) is 20.1 Å². The van der Waals surface area contributed by atoms with Crippen molar-refractivity contribution in [1.29, 1.82) is 0 Å². The molecule has 2 heterocycles. The van der Waals surface area contributed by atoms with Crippen molar-refractivity contribution in [2.24, 2.45) is 4.99 Å². The lowest BCUT2D eigenvalue weighted by molar-refractivity contribution is -0.140. The predicted octanol–water partition coefficient (Wildman–Crippen LogP) is 7.93. The summed E-state index contributed by atoms with van der Waals surface area (Å²) >= 11 is 25.6. The largest absolute Gasteiger partial charge is 0.490 e. The molecule has 0 amide bonds. The molecule has 0 spiro atoms. The summed E-state index contributed by atoms with van der Waals surface area (Å²) in [5.41, 5.74) is -1.72. The summed E-state index contributed by atoms with van der Waals surface area (Å²) in [6.45, 7) is 3.32. The maximum absolute atomic E-state index is 14.4. The van der Waals surface area contributed by atoms with Crippen molar-refractivity contribution in [2.75, 3.05) is 13.2 Å². The zero-order valence-corrected chi connectivity index (χ0v) is 28.3. The minimum atomic E-state index is -5.03. The van der Waals surface area contributed by atoms with E-state index in [2.05, 4.69) is 4.99 Å². The van der Waals surface area contributed by atoms with Gasteiger partial charge in [0.1, 0.15) is 6.61 Å². The SMILES string of the molecule is CCOC(=O)C1=C(C(F)(F)F)N=c2s/c(=C\c3cc(Cl)c(OCc4ccc(Cl)cc4Cl)c(OCC)c3)c(=O)n2[C@H]1c1ccc(Cl)cc1. The summed E-state index contributed by atoms with van der Waals surface area (Å²) in [6, 6.07) is 12.3. The van der Waals surface area contributed by atoms with Crippen LogP contribution in [0, 0.1) is 0 Å². The monoisotopic (exact) mass is 744 g/mol. The van der Waals surface area contributed by atoms with Crippen LogP contribution in [-0.4, -0.2) is 29.9 Å². The normalized spacial score (nSPS) is 14.9. The standard InChI is InChI=1S/C32H23Cl4F3N2O5S/c1-3-44-23-12-16(11-22(36)27(23)46-15-18-7-10-20(34)14-21(18)35)13-24-29(42)41-26(17-5-8-19(33)9-6-17)25(30(43)45-4-2)28(32(37,38)39)40-31(41)47-24/h5-14,26H,3-4,15H2,1-2H3/b24-13-/t26-/m0/s1. The molecular formula is C32H23Cl4F3N2O5S. The number of benzene rings is 3. The molecule has 0 fully saturated rings. The lowest BCUT2D eigenvalue weighted by Gasteiger charge is -2.26. The van der Waals surface area contributed by atoms with Gasteiger partial charge in [-0.15, -0.1) is 0 Å². The maximum atomic E-state index is 14.4. The number of hydrogen-bond donors (Lipinski definition) is 0. The Labute approximate surface area is 290 Å². The molecule has 5 rings (SSSR count). The lowest BCUT2D eigenvalue weighted by atomic mass is 9.95. The van der Waals surface area contributed by atoms with E-state index in [1.165, 1.54) is 43.3 Å². The summed E-state index contributed by atoms with van der Waals surface area (Å²) in [5.74, 6) is -0.775. The quantitative estimate of drug-likeness (QED) is 0.163. The Balaban J connectivity index is 1.64. The molecule has 0 bridgehead atoms. The van der Waals surface area contributed by atoms with Crippen molar-refractivity contribution in [3.05, 3.63) is 122 Å². The fraction of sp³-hybridized carbons (Fsp3) is 0.219. The number of fused-ring (bicyclic) bond motifs is 1. The Morgan fingerprint density at radius 3 is 2.30 bits per heavy atom. The summed E-state index contributed by atoms with van der Waals surface area (Å²) in [4.78, 5) is 30.4. The van der Waals surface area contributed by atoms with Crippen LogP contribution < -0.4 is 24.4 Å². The summed E-state index contributed by atoms with van der Waals surface area (Å²) in [7, 11) is 0. The highest BCUT2D eigenvalue weighted by molar-refractivity contribution is 7.07. The minimum Gasteiger partial charge on any atom is -0.490 e. The first-order valence-corrected chi connectivity index (χ1v) is 16.2. The summed E-state index contributed by atoms with van der Waals surface area (Å²) in [6.07, 6.45) is -3.59. The molecule has 0 N–H and O–H groups in total. The van der Waals surface area contributed by atoms with Crippen LogP contribution in [0.25, 0.3) is 6.08 Å². The molecule has 1 aliphatic heterocycles. The third-order valence-electron chi connectivity index (χ3n) is 6.80. The van der Waals surface area contributed by atoms with E-state index in [0.29, 0.717) is 26.2 Å². The number of rotatable bonds is 9. The van der Waals surface area contributed by atoms with Gasteiger partial charge in [-0.2, -0.15) is 13.2 Å². The van der Waals surface area contributed by atoms with Crippen molar-refractivity contribution in [2.45, 2.75) is 32.7 Å². The van der Waals surface area contributed by atoms with Gasteiger partial charge >= 0.3 is 12.1 Å². The number of carbonyl (C=O) groups excluding carboxylic acids is 1. The summed E-state index contributed by atoms with van der Waals surface area (Å²) in [5, 5.41) is 1.32. The molecule has 3 aromatic carbocycles. The van der Waals surface area contributed by atoms with Crippen molar-refractivity contribution < 1.29 is 32.2 Å². The molecule has 0 saturated carbocycles. The second-order valence-electron chi connectivity index (χ2n) is 9.90. The molecule has 1 atom stereocenters. The molecule has 1 aromatic heterocycles. The third kappa shape index (κ3) is 7.49. The number of carbonyl (C=O) groups is 1. The Morgan fingerprint density at radius 1 is 0.957 bits per heavy atom. The first kappa shape index (κ1) is 34.8. The Hall–Kier alpha value is -3.48. The molecule has 1 aliphatic rings. The minimum absolute atomic E-state index is 0.0227. The third-order valence-corrected chi connectivity index (χ3v) is 8.90. The van der Waals surface area contributed by atoms with Gasteiger partial charge in [-0.05, 0) is 67.4 Å². The summed E-state index contributed by atoms with van der Waals surface area (Å²) < 4.78 is 60.9. The second-order valence-corrected chi connectivity index (χ2v) is 12.6. The van der Waals surface area contributed by atoms with Gasteiger partial charge in [0.05, 0.1) is 34.4 Å². The van der Waals surface area contributed by atoms with E-state index in [0.717, 1.165) is 15.9 Å². The zero-order valence-electron chi connectivity index (χ0n) is 24.5. The Morgan fingerprint density at radius 2 is 1.66 bits per heavy atom. The first-order chi connectivity index (χ1) is 22.3. The van der Waals surface area contributed by atoms with Gasteiger partial charge in [-0.1, -0.05) is 75.9 Å². The van der Waals surface area contributed by atoms with Gasteiger partial charge in [0.25, 0.3) is 5.56 Å². The number of hydrogen-bond acceptors (Lipinski definition) is 7. The maximum Gasteiger partial charge on any atom is 0.434 e.